The minimum Gasteiger partial charge on any atom is -0.308 e. The Morgan fingerprint density at radius 2 is 2.03 bits per heavy atom. The van der Waals surface area contributed by atoms with Crippen LogP contribution in [0.2, 0.25) is 0 Å². The van der Waals surface area contributed by atoms with E-state index >= 15 is 0 Å². The highest BCUT2D eigenvalue weighted by Crippen LogP contribution is 2.23. The van der Waals surface area contributed by atoms with Crippen LogP contribution in [0.4, 0.5) is 10.1 Å². The van der Waals surface area contributed by atoms with Gasteiger partial charge in [-0.3, -0.25) is 4.79 Å². The van der Waals surface area contributed by atoms with Gasteiger partial charge < -0.3 is 4.90 Å². The maximum Gasteiger partial charge on any atom is 0.237 e. The number of benzene rings is 2. The third kappa shape index (κ3) is 4.78. The molecule has 0 fully saturated rings. The Morgan fingerprint density at radius 1 is 1.24 bits per heavy atom. The van der Waals surface area contributed by atoms with Crippen LogP contribution >= 0.6 is 11.8 Å². The lowest BCUT2D eigenvalue weighted by molar-refractivity contribution is -0.116. The highest BCUT2D eigenvalue weighted by atomic mass is 32.2. The Bertz CT molecular complexity index is 1060. The molecule has 0 radical (unpaired) electrons. The fraction of sp³-hybridized carbons (Fsp3) is 0.250. The van der Waals surface area contributed by atoms with Gasteiger partial charge in [-0.2, -0.15) is 9.94 Å². The van der Waals surface area contributed by atoms with Gasteiger partial charge >= 0.3 is 0 Å². The number of hydrogen-bond acceptors (Lipinski definition) is 6. The maximum absolute atomic E-state index is 14.2. The number of carbonyl (C=O) groups is 1. The first-order chi connectivity index (χ1) is 14.0. The lowest BCUT2D eigenvalue weighted by Crippen LogP contribution is -2.34. The average Bonchev–Trinajstić information content (AvgIpc) is 3.18. The molecule has 0 saturated carbocycles. The number of aromatic nitrogens is 4. The van der Waals surface area contributed by atoms with Gasteiger partial charge in [-0.05, 0) is 59.7 Å². The molecule has 0 aliphatic rings. The van der Waals surface area contributed by atoms with Crippen molar-refractivity contribution >= 4 is 23.4 Å². The Labute approximate surface area is 172 Å². The van der Waals surface area contributed by atoms with Crippen LogP contribution in [-0.2, 0) is 4.79 Å². The van der Waals surface area contributed by atoms with Gasteiger partial charge in [-0.25, -0.2) is 4.39 Å². The van der Waals surface area contributed by atoms with Crippen molar-refractivity contribution in [3.05, 3.63) is 59.4 Å². The van der Waals surface area contributed by atoms with Crippen molar-refractivity contribution in [2.45, 2.75) is 25.4 Å². The molecule has 0 saturated heterocycles. The summed E-state index contributed by atoms with van der Waals surface area (Å²) < 4.78 is 15.7. The summed E-state index contributed by atoms with van der Waals surface area (Å²) in [6.45, 7) is 4.13. The minimum absolute atomic E-state index is 0.00494. The summed E-state index contributed by atoms with van der Waals surface area (Å²) in [6, 6.07) is 13.9. The zero-order valence-corrected chi connectivity index (χ0v) is 16.9. The molecule has 0 atom stereocenters. The zero-order valence-electron chi connectivity index (χ0n) is 16.0. The summed E-state index contributed by atoms with van der Waals surface area (Å²) in [5.41, 5.74) is 3.21. The zero-order chi connectivity index (χ0) is 20.8. The first-order valence-electron chi connectivity index (χ1n) is 8.92. The van der Waals surface area contributed by atoms with Gasteiger partial charge in [-0.1, -0.05) is 30.0 Å². The summed E-state index contributed by atoms with van der Waals surface area (Å²) in [6.07, 6.45) is 0.102. The molecule has 7 nitrogen and oxygen atoms in total. The Hall–Kier alpha value is -3.25. The summed E-state index contributed by atoms with van der Waals surface area (Å²) in [4.78, 5) is 14.1. The number of carbonyl (C=O) groups excluding carboxylic acids is 1. The molecule has 9 heteroatoms. The largest absolute Gasteiger partial charge is 0.308 e. The van der Waals surface area contributed by atoms with Crippen LogP contribution in [0, 0.1) is 31.0 Å². The van der Waals surface area contributed by atoms with E-state index in [0.29, 0.717) is 5.16 Å². The number of rotatable bonds is 7. The molecule has 0 bridgehead atoms. The molecule has 148 valence electrons. The lowest BCUT2D eigenvalue weighted by Gasteiger charge is -2.22. The smallest absolute Gasteiger partial charge is 0.237 e. The van der Waals surface area contributed by atoms with Gasteiger partial charge in [0.05, 0.1) is 29.6 Å². The van der Waals surface area contributed by atoms with Crippen LogP contribution in [0.25, 0.3) is 5.69 Å². The second-order valence-electron chi connectivity index (χ2n) is 6.34. The van der Waals surface area contributed by atoms with Gasteiger partial charge in [0.15, 0.2) is 0 Å². The number of nitriles is 1. The maximum atomic E-state index is 14.2. The third-order valence-electron chi connectivity index (χ3n) is 4.39. The number of para-hydroxylation sites is 1. The molecule has 1 aromatic heterocycles. The molecule has 3 aromatic rings. The molecule has 1 amide bonds. The lowest BCUT2D eigenvalue weighted by atomic mass is 10.1. The van der Waals surface area contributed by atoms with E-state index < -0.39 is 5.82 Å². The second kappa shape index (κ2) is 9.30. The predicted octanol–water partition coefficient (Wildman–Crippen LogP) is 3.46. The Kier molecular flexibility index (Phi) is 6.57. The number of nitrogens with zero attached hydrogens (tertiary/aromatic N) is 6. The molecule has 3 rings (SSSR count). The normalized spacial score (nSPS) is 10.6. The summed E-state index contributed by atoms with van der Waals surface area (Å²) in [7, 11) is 0. The standard InChI is InChI=1S/C20H19FN6OS/c1-14-8-9-16(12-15(14)2)27-20(23-24-25-27)29-13-19(28)26(11-5-10-22)18-7-4-3-6-17(18)21/h3-4,6-9,12H,5,11,13H2,1-2H3. The third-order valence-corrected chi connectivity index (χ3v) is 5.30. The molecule has 0 aliphatic heterocycles. The molecule has 0 N–H and O–H groups in total. The van der Waals surface area contributed by atoms with E-state index in [1.807, 2.05) is 38.1 Å². The number of halogens is 1. The van der Waals surface area contributed by atoms with Crippen molar-refractivity contribution in [1.82, 2.24) is 20.2 Å². The molecule has 29 heavy (non-hydrogen) atoms. The van der Waals surface area contributed by atoms with E-state index in [9.17, 15) is 9.18 Å². The van der Waals surface area contributed by atoms with Crippen LogP contribution in [0.1, 0.15) is 17.5 Å². The molecule has 0 unspecified atom stereocenters. The van der Waals surface area contributed by atoms with Crippen molar-refractivity contribution in [3.63, 3.8) is 0 Å². The van der Waals surface area contributed by atoms with Crippen molar-refractivity contribution in [1.29, 1.82) is 5.26 Å². The van der Waals surface area contributed by atoms with Gasteiger partial charge in [0.2, 0.25) is 11.1 Å². The predicted molar refractivity (Wildman–Crippen MR) is 108 cm³/mol. The van der Waals surface area contributed by atoms with E-state index in [-0.39, 0.29) is 30.3 Å². The van der Waals surface area contributed by atoms with E-state index in [0.717, 1.165) is 28.6 Å². The summed E-state index contributed by atoms with van der Waals surface area (Å²) >= 11 is 1.16. The fourth-order valence-electron chi connectivity index (χ4n) is 2.70. The van der Waals surface area contributed by atoms with Crippen LogP contribution in [-0.4, -0.2) is 38.4 Å². The van der Waals surface area contributed by atoms with Gasteiger partial charge in [-0.15, -0.1) is 5.10 Å². The highest BCUT2D eigenvalue weighted by molar-refractivity contribution is 7.99. The van der Waals surface area contributed by atoms with Gasteiger partial charge in [0.25, 0.3) is 0 Å². The van der Waals surface area contributed by atoms with Crippen molar-refractivity contribution in [2.24, 2.45) is 0 Å². The van der Waals surface area contributed by atoms with E-state index in [4.69, 9.17) is 5.26 Å². The van der Waals surface area contributed by atoms with Crippen molar-refractivity contribution in [3.8, 4) is 11.8 Å². The van der Waals surface area contributed by atoms with Crippen LogP contribution in [0.5, 0.6) is 0 Å². The molecular formula is C20H19FN6OS. The average molecular weight is 410 g/mol. The topological polar surface area (TPSA) is 87.7 Å². The van der Waals surface area contributed by atoms with Crippen LogP contribution in [0.15, 0.2) is 47.6 Å². The number of thioether (sulfide) groups is 1. The van der Waals surface area contributed by atoms with Crippen molar-refractivity contribution < 1.29 is 9.18 Å². The summed E-state index contributed by atoms with van der Waals surface area (Å²) in [5, 5.41) is 21.0. The van der Waals surface area contributed by atoms with Gasteiger partial charge in [0, 0.05) is 6.54 Å². The fourth-order valence-corrected chi connectivity index (χ4v) is 3.47. The van der Waals surface area contributed by atoms with Crippen molar-refractivity contribution in [2.75, 3.05) is 17.2 Å². The van der Waals surface area contributed by atoms with E-state index in [1.54, 1.807) is 16.8 Å². The Morgan fingerprint density at radius 3 is 2.76 bits per heavy atom. The molecule has 1 heterocycles. The number of hydrogen-bond donors (Lipinski definition) is 0. The number of aryl methyl sites for hydroxylation is 2. The van der Waals surface area contributed by atoms with E-state index in [1.165, 1.54) is 17.0 Å². The minimum atomic E-state index is -0.510. The first-order valence-corrected chi connectivity index (χ1v) is 9.90. The van der Waals surface area contributed by atoms with Crippen LogP contribution < -0.4 is 4.90 Å². The quantitative estimate of drug-likeness (QED) is 0.555. The monoisotopic (exact) mass is 410 g/mol. The molecular weight excluding hydrogens is 391 g/mol. The SMILES string of the molecule is Cc1ccc(-n2nnnc2SCC(=O)N(CCC#N)c2ccccc2F)cc1C. The number of anilines is 1. The first kappa shape index (κ1) is 20.5. The summed E-state index contributed by atoms with van der Waals surface area (Å²) in [5.74, 6) is -0.834. The van der Waals surface area contributed by atoms with E-state index in [2.05, 4.69) is 15.5 Å². The molecule has 0 aliphatic carbocycles. The van der Waals surface area contributed by atoms with Gasteiger partial charge in [0.1, 0.15) is 5.82 Å². The highest BCUT2D eigenvalue weighted by Gasteiger charge is 2.20. The molecule has 0 spiro atoms. The number of tetrazole rings is 1. The molecule has 2 aromatic carbocycles. The Balaban J connectivity index is 1.77. The second-order valence-corrected chi connectivity index (χ2v) is 7.28. The number of amides is 1. The van der Waals surface area contributed by atoms with Crippen LogP contribution in [0.3, 0.4) is 0 Å².